The summed E-state index contributed by atoms with van der Waals surface area (Å²) in [6.07, 6.45) is 0.840. The van der Waals surface area contributed by atoms with Crippen LogP contribution in [0.2, 0.25) is 0 Å². The van der Waals surface area contributed by atoms with Crippen LogP contribution in [0.3, 0.4) is 0 Å². The van der Waals surface area contributed by atoms with Gasteiger partial charge in [0.2, 0.25) is 0 Å². The zero-order chi connectivity index (χ0) is 18.1. The number of ether oxygens (including phenoxy) is 3. The van der Waals surface area contributed by atoms with E-state index in [9.17, 15) is 0 Å². The monoisotopic (exact) mass is 346 g/mol. The van der Waals surface area contributed by atoms with E-state index in [1.165, 1.54) is 27.8 Å². The van der Waals surface area contributed by atoms with Gasteiger partial charge in [0, 0.05) is 23.5 Å². The third-order valence-electron chi connectivity index (χ3n) is 5.16. The van der Waals surface area contributed by atoms with Crippen molar-refractivity contribution in [3.8, 4) is 17.2 Å². The van der Waals surface area contributed by atoms with Crippen molar-refractivity contribution in [3.05, 3.63) is 88.5 Å². The largest absolute Gasteiger partial charge is 0.497 e. The minimum absolute atomic E-state index is 0.0788. The zero-order valence-corrected chi connectivity index (χ0v) is 15.3. The van der Waals surface area contributed by atoms with E-state index in [1.54, 1.807) is 21.3 Å². The highest BCUT2D eigenvalue weighted by atomic mass is 16.5. The van der Waals surface area contributed by atoms with E-state index in [-0.39, 0.29) is 5.92 Å². The Morgan fingerprint density at radius 1 is 0.769 bits per heavy atom. The summed E-state index contributed by atoms with van der Waals surface area (Å²) in [5.41, 5.74) is 6.18. The molecule has 3 nitrogen and oxygen atoms in total. The lowest BCUT2D eigenvalue weighted by Gasteiger charge is -2.31. The minimum atomic E-state index is 0.0788. The van der Waals surface area contributed by atoms with Gasteiger partial charge in [-0.2, -0.15) is 0 Å². The van der Waals surface area contributed by atoms with Gasteiger partial charge >= 0.3 is 0 Å². The zero-order valence-electron chi connectivity index (χ0n) is 15.3. The van der Waals surface area contributed by atoms with Gasteiger partial charge in [-0.3, -0.25) is 0 Å². The van der Waals surface area contributed by atoms with Crippen molar-refractivity contribution in [2.24, 2.45) is 0 Å². The molecular formula is C23H22O3. The fraction of sp³-hybridized carbons (Fsp3) is 0.217. The second-order valence-corrected chi connectivity index (χ2v) is 6.45. The number of hydrogen-bond acceptors (Lipinski definition) is 3. The van der Waals surface area contributed by atoms with Gasteiger partial charge in [0.05, 0.1) is 21.3 Å². The van der Waals surface area contributed by atoms with E-state index in [1.807, 2.05) is 24.3 Å². The van der Waals surface area contributed by atoms with Crippen LogP contribution in [0.1, 0.15) is 33.7 Å². The normalized spacial score (nSPS) is 15.0. The molecular weight excluding hydrogens is 324 g/mol. The molecule has 132 valence electrons. The van der Waals surface area contributed by atoms with Crippen molar-refractivity contribution in [1.82, 2.24) is 0 Å². The van der Waals surface area contributed by atoms with Crippen LogP contribution in [-0.2, 0) is 6.42 Å². The molecule has 0 N–H and O–H groups in total. The first-order valence-corrected chi connectivity index (χ1v) is 8.72. The maximum Gasteiger partial charge on any atom is 0.123 e. The Kier molecular flexibility index (Phi) is 4.29. The van der Waals surface area contributed by atoms with Gasteiger partial charge < -0.3 is 14.2 Å². The molecule has 0 fully saturated rings. The summed E-state index contributed by atoms with van der Waals surface area (Å²) in [5.74, 6) is 2.79. The Morgan fingerprint density at radius 3 is 2.27 bits per heavy atom. The molecule has 1 atom stereocenters. The number of methoxy groups -OCH3 is 3. The van der Waals surface area contributed by atoms with Crippen LogP contribution in [0.4, 0.5) is 0 Å². The molecule has 1 aliphatic carbocycles. The van der Waals surface area contributed by atoms with E-state index in [2.05, 4.69) is 36.4 Å². The van der Waals surface area contributed by atoms with Crippen molar-refractivity contribution < 1.29 is 14.2 Å². The molecule has 0 aromatic heterocycles. The molecule has 3 aromatic rings. The molecule has 1 aliphatic rings. The molecule has 0 saturated carbocycles. The molecule has 0 heterocycles. The highest BCUT2D eigenvalue weighted by Crippen LogP contribution is 2.47. The Hall–Kier alpha value is -2.94. The smallest absolute Gasteiger partial charge is 0.123 e. The number of benzene rings is 3. The summed E-state index contributed by atoms with van der Waals surface area (Å²) in [6.45, 7) is 0. The fourth-order valence-corrected chi connectivity index (χ4v) is 4.00. The van der Waals surface area contributed by atoms with Gasteiger partial charge in [-0.1, -0.05) is 36.4 Å². The SMILES string of the molecule is COc1cccc(C2c3cccc(OC)c3Cc3cccc(OC)c32)c1. The van der Waals surface area contributed by atoms with E-state index >= 15 is 0 Å². The van der Waals surface area contributed by atoms with Gasteiger partial charge in [0.1, 0.15) is 17.2 Å². The first-order valence-electron chi connectivity index (χ1n) is 8.72. The summed E-state index contributed by atoms with van der Waals surface area (Å²) in [5, 5.41) is 0. The highest BCUT2D eigenvalue weighted by Gasteiger charge is 2.31. The molecule has 0 spiro atoms. The fourth-order valence-electron chi connectivity index (χ4n) is 4.00. The topological polar surface area (TPSA) is 27.7 Å². The minimum Gasteiger partial charge on any atom is -0.497 e. The first kappa shape index (κ1) is 16.5. The third kappa shape index (κ3) is 2.60. The Morgan fingerprint density at radius 2 is 1.50 bits per heavy atom. The number of fused-ring (bicyclic) bond motifs is 2. The highest BCUT2D eigenvalue weighted by molar-refractivity contribution is 5.62. The van der Waals surface area contributed by atoms with Crippen molar-refractivity contribution in [2.75, 3.05) is 21.3 Å². The summed E-state index contributed by atoms with van der Waals surface area (Å²) >= 11 is 0. The molecule has 0 radical (unpaired) electrons. The lowest BCUT2D eigenvalue weighted by molar-refractivity contribution is 0.403. The predicted molar refractivity (Wildman–Crippen MR) is 103 cm³/mol. The molecule has 0 aliphatic heterocycles. The van der Waals surface area contributed by atoms with Crippen molar-refractivity contribution in [1.29, 1.82) is 0 Å². The summed E-state index contributed by atoms with van der Waals surface area (Å²) in [6, 6.07) is 20.8. The molecule has 26 heavy (non-hydrogen) atoms. The Labute approximate surface area is 154 Å². The second-order valence-electron chi connectivity index (χ2n) is 6.45. The second kappa shape index (κ2) is 6.75. The van der Waals surface area contributed by atoms with Crippen LogP contribution < -0.4 is 14.2 Å². The third-order valence-corrected chi connectivity index (χ3v) is 5.16. The number of rotatable bonds is 4. The average molecular weight is 346 g/mol. The molecule has 0 bridgehead atoms. The first-order chi connectivity index (χ1) is 12.8. The quantitative estimate of drug-likeness (QED) is 0.531. The number of hydrogen-bond donors (Lipinski definition) is 0. The summed E-state index contributed by atoms with van der Waals surface area (Å²) in [4.78, 5) is 0. The van der Waals surface area contributed by atoms with Crippen LogP contribution in [0.15, 0.2) is 60.7 Å². The van der Waals surface area contributed by atoms with E-state index < -0.39 is 0 Å². The van der Waals surface area contributed by atoms with Crippen LogP contribution >= 0.6 is 0 Å². The summed E-state index contributed by atoms with van der Waals surface area (Å²) < 4.78 is 16.9. The molecule has 4 rings (SSSR count). The van der Waals surface area contributed by atoms with Crippen molar-refractivity contribution in [3.63, 3.8) is 0 Å². The van der Waals surface area contributed by atoms with Gasteiger partial charge in [-0.05, 0) is 41.0 Å². The van der Waals surface area contributed by atoms with Gasteiger partial charge in [-0.25, -0.2) is 0 Å². The van der Waals surface area contributed by atoms with E-state index in [0.29, 0.717) is 0 Å². The summed E-state index contributed by atoms with van der Waals surface area (Å²) in [7, 11) is 5.17. The van der Waals surface area contributed by atoms with Crippen LogP contribution in [0, 0.1) is 0 Å². The van der Waals surface area contributed by atoms with Crippen LogP contribution in [-0.4, -0.2) is 21.3 Å². The standard InChI is InChI=1S/C23H22O3/c1-24-17-9-4-7-15(13-17)22-18-10-6-11-20(25-2)19(18)14-16-8-5-12-21(26-3)23(16)22/h4-13,22H,14H2,1-3H3. The van der Waals surface area contributed by atoms with Crippen molar-refractivity contribution >= 4 is 0 Å². The maximum atomic E-state index is 5.73. The Bertz CT molecular complexity index is 946. The van der Waals surface area contributed by atoms with Crippen LogP contribution in [0.5, 0.6) is 17.2 Å². The van der Waals surface area contributed by atoms with Gasteiger partial charge in [-0.15, -0.1) is 0 Å². The van der Waals surface area contributed by atoms with Gasteiger partial charge in [0.15, 0.2) is 0 Å². The van der Waals surface area contributed by atoms with E-state index in [0.717, 1.165) is 23.7 Å². The van der Waals surface area contributed by atoms with Gasteiger partial charge in [0.25, 0.3) is 0 Å². The van der Waals surface area contributed by atoms with E-state index in [4.69, 9.17) is 14.2 Å². The molecule has 0 saturated heterocycles. The van der Waals surface area contributed by atoms with Crippen LogP contribution in [0.25, 0.3) is 0 Å². The Balaban J connectivity index is 2.00. The molecule has 1 unspecified atom stereocenters. The van der Waals surface area contributed by atoms with Crippen molar-refractivity contribution in [2.45, 2.75) is 12.3 Å². The lowest BCUT2D eigenvalue weighted by Crippen LogP contribution is -2.17. The molecule has 0 amide bonds. The molecule has 3 heteroatoms. The predicted octanol–water partition coefficient (Wildman–Crippen LogP) is 4.80. The maximum absolute atomic E-state index is 5.73. The average Bonchev–Trinajstić information content (AvgIpc) is 2.71. The lowest BCUT2D eigenvalue weighted by atomic mass is 9.74. The molecule has 3 aromatic carbocycles.